The van der Waals surface area contributed by atoms with E-state index in [0.29, 0.717) is 0 Å². The minimum Gasteiger partial charge on any atom is -0.406 e. The average Bonchev–Trinajstić information content (AvgIpc) is 2.37. The molecule has 1 heterocycles. The first-order valence-electron chi connectivity index (χ1n) is 5.73. The highest BCUT2D eigenvalue weighted by atomic mass is 19.4. The first-order chi connectivity index (χ1) is 10.1. The van der Waals surface area contributed by atoms with E-state index in [1.807, 2.05) is 4.98 Å². The number of pyridine rings is 1. The second-order valence-corrected chi connectivity index (χ2v) is 4.16. The Morgan fingerprint density at radius 3 is 2.00 bits per heavy atom. The van der Waals surface area contributed by atoms with E-state index in [2.05, 4.69) is 4.74 Å². The Kier molecular flexibility index (Phi) is 3.90. The molecule has 0 radical (unpaired) electrons. The lowest BCUT2D eigenvalue weighted by molar-refractivity contribution is -0.274. The number of ether oxygens (including phenoxy) is 1. The molecule has 0 aliphatic carbocycles. The van der Waals surface area contributed by atoms with Gasteiger partial charge in [0.15, 0.2) is 5.43 Å². The van der Waals surface area contributed by atoms with Gasteiger partial charge in [-0.2, -0.15) is 13.2 Å². The van der Waals surface area contributed by atoms with Gasteiger partial charge in [-0.1, -0.05) is 12.1 Å². The van der Waals surface area contributed by atoms with Gasteiger partial charge >= 0.3 is 12.5 Å². The zero-order chi connectivity index (χ0) is 16.5. The van der Waals surface area contributed by atoms with Crippen LogP contribution in [0.5, 0.6) is 5.75 Å². The molecule has 3 nitrogen and oxygen atoms in total. The monoisotopic (exact) mass is 323 g/mol. The maximum atomic E-state index is 12.9. The Bertz CT molecular complexity index is 715. The number of nitrogens with one attached hydrogen (secondary N) is 1. The summed E-state index contributed by atoms with van der Waals surface area (Å²) in [5.41, 5.74) is -3.03. The van der Waals surface area contributed by atoms with Crippen LogP contribution in [-0.2, 0) is 6.18 Å². The van der Waals surface area contributed by atoms with Crippen LogP contribution < -0.4 is 10.2 Å². The zero-order valence-electron chi connectivity index (χ0n) is 10.5. The number of halogens is 6. The lowest BCUT2D eigenvalue weighted by Crippen LogP contribution is -2.18. The van der Waals surface area contributed by atoms with Gasteiger partial charge in [-0.15, -0.1) is 13.2 Å². The van der Waals surface area contributed by atoms with Gasteiger partial charge in [0.25, 0.3) is 0 Å². The number of alkyl halides is 6. The molecular formula is C13H7F6NO2. The van der Waals surface area contributed by atoms with E-state index in [0.717, 1.165) is 36.5 Å². The Hall–Kier alpha value is -2.45. The Balaban J connectivity index is 2.47. The molecule has 118 valence electrons. The van der Waals surface area contributed by atoms with Crippen molar-refractivity contribution in [2.75, 3.05) is 0 Å². The minimum atomic E-state index is -4.91. The second-order valence-electron chi connectivity index (χ2n) is 4.16. The summed E-state index contributed by atoms with van der Waals surface area (Å²) < 4.78 is 78.3. The Morgan fingerprint density at radius 2 is 1.50 bits per heavy atom. The SMILES string of the molecule is O=c1cc[nH]c(C(F)(F)F)c1-c1ccc(OC(F)(F)F)cc1. The average molecular weight is 323 g/mol. The van der Waals surface area contributed by atoms with Crippen molar-refractivity contribution >= 4 is 0 Å². The maximum Gasteiger partial charge on any atom is 0.573 e. The third-order valence-electron chi connectivity index (χ3n) is 2.62. The van der Waals surface area contributed by atoms with Crippen LogP contribution in [-0.4, -0.2) is 11.3 Å². The first kappa shape index (κ1) is 15.9. The van der Waals surface area contributed by atoms with E-state index >= 15 is 0 Å². The molecule has 22 heavy (non-hydrogen) atoms. The quantitative estimate of drug-likeness (QED) is 0.850. The van der Waals surface area contributed by atoms with Crippen LogP contribution in [0.4, 0.5) is 26.3 Å². The number of aromatic amines is 1. The molecule has 0 atom stereocenters. The van der Waals surface area contributed by atoms with Gasteiger partial charge in [0, 0.05) is 12.3 Å². The predicted molar refractivity (Wildman–Crippen MR) is 64.2 cm³/mol. The molecule has 2 rings (SSSR count). The summed E-state index contributed by atoms with van der Waals surface area (Å²) in [5.74, 6) is -0.600. The van der Waals surface area contributed by atoms with Crippen LogP contribution in [0.25, 0.3) is 11.1 Å². The van der Waals surface area contributed by atoms with E-state index < -0.39 is 35.0 Å². The topological polar surface area (TPSA) is 42.1 Å². The normalized spacial score (nSPS) is 12.3. The molecule has 0 bridgehead atoms. The number of H-pyrrole nitrogens is 1. The first-order valence-corrected chi connectivity index (χ1v) is 5.73. The summed E-state index contributed by atoms with van der Waals surface area (Å²) in [5, 5.41) is 0. The predicted octanol–water partition coefficient (Wildman–Crippen LogP) is 3.96. The van der Waals surface area contributed by atoms with E-state index in [9.17, 15) is 31.1 Å². The molecule has 0 aliphatic rings. The van der Waals surface area contributed by atoms with Gasteiger partial charge in [-0.25, -0.2) is 0 Å². The van der Waals surface area contributed by atoms with E-state index in [-0.39, 0.29) is 5.56 Å². The molecule has 0 unspecified atom stereocenters. The summed E-state index contributed by atoms with van der Waals surface area (Å²) in [6.07, 6.45) is -8.88. The summed E-state index contributed by atoms with van der Waals surface area (Å²) in [7, 11) is 0. The molecule has 0 saturated heterocycles. The van der Waals surface area contributed by atoms with Crippen molar-refractivity contribution in [3.8, 4) is 16.9 Å². The van der Waals surface area contributed by atoms with Crippen LogP contribution in [0.3, 0.4) is 0 Å². The summed E-state index contributed by atoms with van der Waals surface area (Å²) in [4.78, 5) is 13.6. The molecule has 2 aromatic rings. The zero-order valence-corrected chi connectivity index (χ0v) is 10.5. The van der Waals surface area contributed by atoms with Crippen molar-refractivity contribution in [2.24, 2.45) is 0 Å². The van der Waals surface area contributed by atoms with Crippen LogP contribution >= 0.6 is 0 Å². The third-order valence-corrected chi connectivity index (χ3v) is 2.62. The fourth-order valence-corrected chi connectivity index (χ4v) is 1.81. The van der Waals surface area contributed by atoms with Crippen molar-refractivity contribution in [2.45, 2.75) is 12.5 Å². The molecule has 0 amide bonds. The Labute approximate surface area is 119 Å². The fourth-order valence-electron chi connectivity index (χ4n) is 1.81. The number of hydrogen-bond donors (Lipinski definition) is 1. The lowest BCUT2D eigenvalue weighted by Gasteiger charge is -2.13. The highest BCUT2D eigenvalue weighted by Gasteiger charge is 2.36. The van der Waals surface area contributed by atoms with Crippen LogP contribution in [0.2, 0.25) is 0 Å². The van der Waals surface area contributed by atoms with Gasteiger partial charge in [0.2, 0.25) is 0 Å². The second kappa shape index (κ2) is 5.39. The summed E-state index contributed by atoms with van der Waals surface area (Å²) >= 11 is 0. The number of aromatic nitrogens is 1. The molecule has 0 aliphatic heterocycles. The van der Waals surface area contributed by atoms with Gasteiger partial charge in [0.1, 0.15) is 11.4 Å². The lowest BCUT2D eigenvalue weighted by atomic mass is 10.0. The number of benzene rings is 1. The van der Waals surface area contributed by atoms with Gasteiger partial charge in [-0.05, 0) is 17.7 Å². The van der Waals surface area contributed by atoms with Gasteiger partial charge in [0.05, 0.1) is 5.56 Å². The largest absolute Gasteiger partial charge is 0.573 e. The highest BCUT2D eigenvalue weighted by molar-refractivity contribution is 5.67. The minimum absolute atomic E-state index is 0.177. The molecule has 1 aromatic heterocycles. The van der Waals surface area contributed by atoms with E-state index in [4.69, 9.17) is 0 Å². The van der Waals surface area contributed by atoms with Crippen LogP contribution in [0, 0.1) is 0 Å². The fraction of sp³-hybridized carbons (Fsp3) is 0.154. The Morgan fingerprint density at radius 1 is 0.909 bits per heavy atom. The van der Waals surface area contributed by atoms with Crippen molar-refractivity contribution in [1.29, 1.82) is 0 Å². The van der Waals surface area contributed by atoms with Crippen molar-refractivity contribution < 1.29 is 31.1 Å². The smallest absolute Gasteiger partial charge is 0.406 e. The molecule has 1 N–H and O–H groups in total. The molecule has 1 aromatic carbocycles. The van der Waals surface area contributed by atoms with E-state index in [1.54, 1.807) is 0 Å². The number of rotatable bonds is 2. The standard InChI is InChI=1S/C13H7F6NO2/c14-12(15,16)11-10(9(21)5-6-20-11)7-1-3-8(4-2-7)22-13(17,18)19/h1-6H,(H,20,21). The molecule has 0 spiro atoms. The van der Waals surface area contributed by atoms with Gasteiger partial charge in [-0.3, -0.25) is 4.79 Å². The van der Waals surface area contributed by atoms with Crippen molar-refractivity contribution in [3.05, 3.63) is 52.4 Å². The molecule has 0 fully saturated rings. The van der Waals surface area contributed by atoms with Crippen molar-refractivity contribution in [3.63, 3.8) is 0 Å². The van der Waals surface area contributed by atoms with E-state index in [1.165, 1.54) is 0 Å². The van der Waals surface area contributed by atoms with Crippen molar-refractivity contribution in [1.82, 2.24) is 4.98 Å². The highest BCUT2D eigenvalue weighted by Crippen LogP contribution is 2.34. The third kappa shape index (κ3) is 3.60. The summed E-state index contributed by atoms with van der Waals surface area (Å²) in [6, 6.07) is 4.44. The molecular weight excluding hydrogens is 316 g/mol. The maximum absolute atomic E-state index is 12.9. The summed E-state index contributed by atoms with van der Waals surface area (Å²) in [6.45, 7) is 0. The van der Waals surface area contributed by atoms with Crippen LogP contribution in [0.15, 0.2) is 41.3 Å². The number of hydrogen-bond acceptors (Lipinski definition) is 2. The molecule has 9 heteroatoms. The van der Waals surface area contributed by atoms with Crippen LogP contribution in [0.1, 0.15) is 5.69 Å². The molecule has 0 saturated carbocycles. The van der Waals surface area contributed by atoms with Gasteiger partial charge < -0.3 is 9.72 Å².